The average Bonchev–Trinajstić information content (AvgIpc) is 2.83. The maximum atomic E-state index is 6.05. The highest BCUT2D eigenvalue weighted by Crippen LogP contribution is 2.19. The van der Waals surface area contributed by atoms with Crippen LogP contribution in [0.5, 0.6) is 0 Å². The molecule has 2 aromatic heterocycles. The average molecular weight is 240 g/mol. The maximum absolute atomic E-state index is 6.05. The van der Waals surface area contributed by atoms with E-state index in [-0.39, 0.29) is 6.17 Å². The highest BCUT2D eigenvalue weighted by atomic mass is 15.6. The Kier molecular flexibility index (Phi) is 2.62. The van der Waals surface area contributed by atoms with Crippen LogP contribution in [0.25, 0.3) is 0 Å². The van der Waals surface area contributed by atoms with Crippen LogP contribution in [0.1, 0.15) is 17.6 Å². The van der Waals surface area contributed by atoms with Crippen molar-refractivity contribution < 1.29 is 0 Å². The van der Waals surface area contributed by atoms with Gasteiger partial charge in [-0.3, -0.25) is 20.4 Å². The summed E-state index contributed by atoms with van der Waals surface area (Å²) in [4.78, 5) is 8.49. The zero-order valence-electron chi connectivity index (χ0n) is 9.56. The lowest BCUT2D eigenvalue weighted by molar-refractivity contribution is 0.309. The van der Waals surface area contributed by atoms with Gasteiger partial charge in [0.15, 0.2) is 12.0 Å². The Bertz CT molecular complexity index is 553. The predicted octanol–water partition coefficient (Wildman–Crippen LogP) is 0.616. The summed E-state index contributed by atoms with van der Waals surface area (Å²) in [6.07, 6.45) is 3.17. The van der Waals surface area contributed by atoms with Gasteiger partial charge in [-0.25, -0.2) is 5.84 Å². The fraction of sp³-hybridized carbons (Fsp3) is 0.0833. The first-order chi connectivity index (χ1) is 8.86. The standard InChI is InChI=1S/C12H12N6/c13-18-11(9-5-1-3-7-14-9)16-17-12(18)10-6-2-4-8-15-10/h1-8,11,16H,13H2. The minimum Gasteiger partial charge on any atom is -0.278 e. The van der Waals surface area contributed by atoms with E-state index in [4.69, 9.17) is 5.84 Å². The molecule has 0 aromatic carbocycles. The zero-order valence-corrected chi connectivity index (χ0v) is 9.56. The number of hydrogen-bond acceptors (Lipinski definition) is 6. The van der Waals surface area contributed by atoms with Gasteiger partial charge in [-0.15, -0.1) is 0 Å². The number of nitrogens with zero attached hydrogens (tertiary/aromatic N) is 4. The van der Waals surface area contributed by atoms with Crippen LogP contribution in [0.4, 0.5) is 0 Å². The monoisotopic (exact) mass is 240 g/mol. The Morgan fingerprint density at radius 2 is 1.83 bits per heavy atom. The third kappa shape index (κ3) is 1.78. The molecule has 0 saturated heterocycles. The second-order valence-corrected chi connectivity index (χ2v) is 3.84. The highest BCUT2D eigenvalue weighted by Gasteiger charge is 2.28. The number of hydrazone groups is 1. The van der Waals surface area contributed by atoms with E-state index < -0.39 is 0 Å². The summed E-state index contributed by atoms with van der Waals surface area (Å²) in [6.45, 7) is 0. The van der Waals surface area contributed by atoms with Crippen molar-refractivity contribution in [1.29, 1.82) is 0 Å². The molecule has 2 aromatic rings. The molecule has 0 saturated carbocycles. The molecule has 3 rings (SSSR count). The van der Waals surface area contributed by atoms with E-state index in [0.717, 1.165) is 11.4 Å². The molecular weight excluding hydrogens is 228 g/mol. The fourth-order valence-electron chi connectivity index (χ4n) is 1.80. The number of aromatic nitrogens is 2. The normalized spacial score (nSPS) is 18.4. The van der Waals surface area contributed by atoms with Crippen molar-refractivity contribution in [2.45, 2.75) is 6.17 Å². The number of rotatable bonds is 2. The molecule has 1 unspecified atom stereocenters. The molecule has 3 heterocycles. The Morgan fingerprint density at radius 3 is 2.50 bits per heavy atom. The smallest absolute Gasteiger partial charge is 0.190 e. The Morgan fingerprint density at radius 1 is 1.06 bits per heavy atom. The number of nitrogens with two attached hydrogens (primary N) is 1. The van der Waals surface area contributed by atoms with Crippen molar-refractivity contribution in [3.63, 3.8) is 0 Å². The molecule has 6 heteroatoms. The van der Waals surface area contributed by atoms with Crippen LogP contribution in [0.2, 0.25) is 0 Å². The van der Waals surface area contributed by atoms with Gasteiger partial charge in [-0.1, -0.05) is 12.1 Å². The first-order valence-corrected chi connectivity index (χ1v) is 5.56. The van der Waals surface area contributed by atoms with Gasteiger partial charge < -0.3 is 0 Å². The van der Waals surface area contributed by atoms with E-state index in [1.54, 1.807) is 12.4 Å². The highest BCUT2D eigenvalue weighted by molar-refractivity contribution is 5.97. The lowest BCUT2D eigenvalue weighted by Gasteiger charge is -2.20. The van der Waals surface area contributed by atoms with E-state index in [1.165, 1.54) is 5.01 Å². The number of nitrogens with one attached hydrogen (secondary N) is 1. The number of hydrogen-bond donors (Lipinski definition) is 2. The minimum absolute atomic E-state index is 0.261. The molecule has 1 aliphatic rings. The van der Waals surface area contributed by atoms with Gasteiger partial charge in [0, 0.05) is 12.4 Å². The van der Waals surface area contributed by atoms with Gasteiger partial charge in [0.2, 0.25) is 0 Å². The molecule has 0 aliphatic carbocycles. The third-order valence-electron chi connectivity index (χ3n) is 2.68. The lowest BCUT2D eigenvalue weighted by atomic mass is 10.2. The van der Waals surface area contributed by atoms with Gasteiger partial charge in [-0.05, 0) is 24.3 Å². The molecule has 90 valence electrons. The second kappa shape index (κ2) is 4.42. The van der Waals surface area contributed by atoms with E-state index in [9.17, 15) is 0 Å². The zero-order chi connectivity index (χ0) is 12.4. The fourth-order valence-corrected chi connectivity index (χ4v) is 1.80. The molecule has 1 atom stereocenters. The maximum Gasteiger partial charge on any atom is 0.190 e. The van der Waals surface area contributed by atoms with Crippen LogP contribution >= 0.6 is 0 Å². The van der Waals surface area contributed by atoms with E-state index >= 15 is 0 Å². The van der Waals surface area contributed by atoms with E-state index in [0.29, 0.717) is 5.84 Å². The molecule has 0 amide bonds. The molecule has 18 heavy (non-hydrogen) atoms. The number of pyridine rings is 2. The van der Waals surface area contributed by atoms with Crippen LogP contribution in [-0.4, -0.2) is 20.8 Å². The van der Waals surface area contributed by atoms with Gasteiger partial charge in [0.1, 0.15) is 5.69 Å². The summed E-state index contributed by atoms with van der Waals surface area (Å²) >= 11 is 0. The Hall–Kier alpha value is -2.47. The molecule has 1 aliphatic heterocycles. The summed E-state index contributed by atoms with van der Waals surface area (Å²) in [5.41, 5.74) is 4.50. The van der Waals surface area contributed by atoms with Gasteiger partial charge >= 0.3 is 0 Å². The van der Waals surface area contributed by atoms with Gasteiger partial charge in [0.25, 0.3) is 0 Å². The first-order valence-electron chi connectivity index (χ1n) is 5.56. The third-order valence-corrected chi connectivity index (χ3v) is 2.68. The van der Waals surface area contributed by atoms with Crippen LogP contribution in [-0.2, 0) is 0 Å². The Balaban J connectivity index is 1.87. The van der Waals surface area contributed by atoms with Crippen molar-refractivity contribution in [1.82, 2.24) is 20.4 Å². The molecule has 3 N–H and O–H groups in total. The molecule has 0 fully saturated rings. The summed E-state index contributed by atoms with van der Waals surface area (Å²) in [5, 5.41) is 5.74. The first kappa shape index (κ1) is 10.7. The predicted molar refractivity (Wildman–Crippen MR) is 66.9 cm³/mol. The summed E-state index contributed by atoms with van der Waals surface area (Å²) < 4.78 is 0. The molecule has 0 spiro atoms. The molecular formula is C12H12N6. The summed E-state index contributed by atoms with van der Waals surface area (Å²) in [6, 6.07) is 11.3. The molecule has 0 bridgehead atoms. The van der Waals surface area contributed by atoms with Crippen molar-refractivity contribution in [3.8, 4) is 0 Å². The van der Waals surface area contributed by atoms with E-state index in [1.807, 2.05) is 36.4 Å². The van der Waals surface area contributed by atoms with Crippen LogP contribution in [0.3, 0.4) is 0 Å². The van der Waals surface area contributed by atoms with Crippen LogP contribution in [0, 0.1) is 0 Å². The van der Waals surface area contributed by atoms with Crippen LogP contribution < -0.4 is 11.3 Å². The van der Waals surface area contributed by atoms with Crippen LogP contribution in [0.15, 0.2) is 53.9 Å². The summed E-state index contributed by atoms with van der Waals surface area (Å²) in [5.74, 6) is 6.65. The quantitative estimate of drug-likeness (QED) is 0.752. The summed E-state index contributed by atoms with van der Waals surface area (Å²) in [7, 11) is 0. The van der Waals surface area contributed by atoms with Gasteiger partial charge in [0.05, 0.1) is 5.69 Å². The Labute approximate surface area is 104 Å². The SMILES string of the molecule is NN1C(c2ccccn2)=NNC1c1ccccn1. The van der Waals surface area contributed by atoms with Crippen molar-refractivity contribution in [2.75, 3.05) is 0 Å². The lowest BCUT2D eigenvalue weighted by Crippen LogP contribution is -2.40. The number of amidine groups is 1. The minimum atomic E-state index is -0.261. The van der Waals surface area contributed by atoms with Gasteiger partial charge in [-0.2, -0.15) is 5.10 Å². The topological polar surface area (TPSA) is 79.4 Å². The van der Waals surface area contributed by atoms with Crippen molar-refractivity contribution in [2.24, 2.45) is 10.9 Å². The number of hydrazine groups is 1. The van der Waals surface area contributed by atoms with Crippen molar-refractivity contribution in [3.05, 3.63) is 60.2 Å². The largest absolute Gasteiger partial charge is 0.278 e. The van der Waals surface area contributed by atoms with Crippen molar-refractivity contribution >= 4 is 5.84 Å². The molecule has 6 nitrogen and oxygen atoms in total. The van der Waals surface area contributed by atoms with E-state index in [2.05, 4.69) is 20.5 Å². The molecule has 0 radical (unpaired) electrons. The second-order valence-electron chi connectivity index (χ2n) is 3.84.